The molecule has 3 aromatic rings. The van der Waals surface area contributed by atoms with Gasteiger partial charge in [-0.05, 0) is 48.6 Å². The normalized spacial score (nSPS) is 12.1. The SMILES string of the molecule is CCCCCCc1ccc2nc(OC(C)C(=O)O)cc(-c3ccccc3)c2c1. The second-order valence-corrected chi connectivity index (χ2v) is 7.13. The number of rotatable bonds is 9. The van der Waals surface area contributed by atoms with Crippen molar-refractivity contribution in [2.75, 3.05) is 0 Å². The van der Waals surface area contributed by atoms with Gasteiger partial charge in [0.15, 0.2) is 6.10 Å². The molecule has 1 aromatic heterocycles. The molecule has 0 bridgehead atoms. The summed E-state index contributed by atoms with van der Waals surface area (Å²) >= 11 is 0. The lowest BCUT2D eigenvalue weighted by atomic mass is 9.98. The number of hydrogen-bond donors (Lipinski definition) is 1. The first-order valence-electron chi connectivity index (χ1n) is 9.97. The Labute approximate surface area is 166 Å². The molecule has 0 aliphatic rings. The van der Waals surface area contributed by atoms with Gasteiger partial charge < -0.3 is 9.84 Å². The first kappa shape index (κ1) is 19.9. The average Bonchev–Trinajstić information content (AvgIpc) is 2.71. The number of carboxylic acids is 1. The zero-order valence-corrected chi connectivity index (χ0v) is 16.5. The molecule has 0 aliphatic carbocycles. The van der Waals surface area contributed by atoms with Gasteiger partial charge in [-0.3, -0.25) is 0 Å². The van der Waals surface area contributed by atoms with E-state index in [1.165, 1.54) is 38.2 Å². The highest BCUT2D eigenvalue weighted by Gasteiger charge is 2.16. The summed E-state index contributed by atoms with van der Waals surface area (Å²) in [6.07, 6.45) is 5.04. The highest BCUT2D eigenvalue weighted by Crippen LogP contribution is 2.32. The molecule has 3 rings (SSSR count). The van der Waals surface area contributed by atoms with E-state index < -0.39 is 12.1 Å². The van der Waals surface area contributed by atoms with Gasteiger partial charge in [0.1, 0.15) is 0 Å². The lowest BCUT2D eigenvalue weighted by Gasteiger charge is -2.14. The number of carbonyl (C=O) groups is 1. The van der Waals surface area contributed by atoms with E-state index in [1.54, 1.807) is 0 Å². The Balaban J connectivity index is 2.00. The van der Waals surface area contributed by atoms with E-state index in [0.717, 1.165) is 28.5 Å². The standard InChI is InChI=1S/C24H27NO3/c1-3-4-5-7-10-18-13-14-22-21(15-18)20(19-11-8-6-9-12-19)16-23(25-22)28-17(2)24(26)27/h6,8-9,11-17H,3-5,7,10H2,1-2H3,(H,26,27). The van der Waals surface area contributed by atoms with Crippen molar-refractivity contribution in [1.29, 1.82) is 0 Å². The molecule has 1 heterocycles. The molecule has 0 aliphatic heterocycles. The smallest absolute Gasteiger partial charge is 0.344 e. The molecule has 4 heteroatoms. The summed E-state index contributed by atoms with van der Waals surface area (Å²) in [7, 11) is 0. The minimum Gasteiger partial charge on any atom is -0.479 e. The third kappa shape index (κ3) is 4.89. The fraction of sp³-hybridized carbons (Fsp3) is 0.333. The predicted octanol–water partition coefficient (Wildman–Crippen LogP) is 5.88. The molecule has 1 atom stereocenters. The monoisotopic (exact) mass is 377 g/mol. The van der Waals surface area contributed by atoms with E-state index in [-0.39, 0.29) is 0 Å². The maximum Gasteiger partial charge on any atom is 0.344 e. The van der Waals surface area contributed by atoms with Gasteiger partial charge in [-0.15, -0.1) is 0 Å². The zero-order chi connectivity index (χ0) is 19.9. The van der Waals surface area contributed by atoms with Crippen LogP contribution in [0.15, 0.2) is 54.6 Å². The van der Waals surface area contributed by atoms with E-state index in [9.17, 15) is 4.79 Å². The van der Waals surface area contributed by atoms with Crippen LogP contribution in [0.5, 0.6) is 5.88 Å². The third-order valence-corrected chi connectivity index (χ3v) is 4.90. The maximum atomic E-state index is 11.2. The number of unbranched alkanes of at least 4 members (excludes halogenated alkanes) is 3. The van der Waals surface area contributed by atoms with Gasteiger partial charge >= 0.3 is 5.97 Å². The van der Waals surface area contributed by atoms with Crippen LogP contribution in [0.25, 0.3) is 22.0 Å². The molecule has 0 spiro atoms. The van der Waals surface area contributed by atoms with Gasteiger partial charge in [0.2, 0.25) is 5.88 Å². The van der Waals surface area contributed by atoms with Crippen LogP contribution < -0.4 is 4.74 Å². The molecule has 0 saturated carbocycles. The number of ether oxygens (including phenoxy) is 1. The average molecular weight is 377 g/mol. The number of pyridine rings is 1. The van der Waals surface area contributed by atoms with Gasteiger partial charge in [-0.2, -0.15) is 0 Å². The van der Waals surface area contributed by atoms with Gasteiger partial charge in [0.05, 0.1) is 5.52 Å². The molecule has 1 N–H and O–H groups in total. The van der Waals surface area contributed by atoms with E-state index >= 15 is 0 Å². The topological polar surface area (TPSA) is 59.4 Å². The Morgan fingerprint density at radius 2 is 1.86 bits per heavy atom. The van der Waals surface area contributed by atoms with Crippen LogP contribution in [0.2, 0.25) is 0 Å². The van der Waals surface area contributed by atoms with Crippen LogP contribution >= 0.6 is 0 Å². The van der Waals surface area contributed by atoms with E-state index in [2.05, 4.69) is 24.0 Å². The Morgan fingerprint density at radius 1 is 1.07 bits per heavy atom. The number of nitrogens with zero attached hydrogens (tertiary/aromatic N) is 1. The summed E-state index contributed by atoms with van der Waals surface area (Å²) in [5, 5.41) is 10.2. The maximum absolute atomic E-state index is 11.2. The molecule has 2 aromatic carbocycles. The molecule has 4 nitrogen and oxygen atoms in total. The van der Waals surface area contributed by atoms with Crippen molar-refractivity contribution in [1.82, 2.24) is 4.98 Å². The number of aromatic nitrogens is 1. The van der Waals surface area contributed by atoms with Crippen LogP contribution in [0.4, 0.5) is 0 Å². The summed E-state index contributed by atoms with van der Waals surface area (Å²) in [6, 6.07) is 18.2. The highest BCUT2D eigenvalue weighted by molar-refractivity contribution is 5.95. The fourth-order valence-electron chi connectivity index (χ4n) is 3.31. The highest BCUT2D eigenvalue weighted by atomic mass is 16.5. The van der Waals surface area contributed by atoms with E-state index in [4.69, 9.17) is 9.84 Å². The second kappa shape index (κ2) is 9.36. The minimum atomic E-state index is -1.01. The molecular formula is C24H27NO3. The van der Waals surface area contributed by atoms with Crippen LogP contribution in [0, 0.1) is 0 Å². The number of aliphatic carboxylic acids is 1. The van der Waals surface area contributed by atoms with Crippen LogP contribution in [-0.4, -0.2) is 22.2 Å². The summed E-state index contributed by atoms with van der Waals surface area (Å²) in [6.45, 7) is 3.73. The van der Waals surface area contributed by atoms with Gasteiger partial charge in [0.25, 0.3) is 0 Å². The molecule has 0 fully saturated rings. The zero-order valence-electron chi connectivity index (χ0n) is 16.5. The first-order valence-corrected chi connectivity index (χ1v) is 9.97. The number of aryl methyl sites for hydroxylation is 1. The minimum absolute atomic E-state index is 0.331. The summed E-state index contributed by atoms with van der Waals surface area (Å²) in [4.78, 5) is 15.7. The predicted molar refractivity (Wildman–Crippen MR) is 113 cm³/mol. The summed E-state index contributed by atoms with van der Waals surface area (Å²) in [5.41, 5.74) is 4.18. The summed E-state index contributed by atoms with van der Waals surface area (Å²) < 4.78 is 5.56. The lowest BCUT2D eigenvalue weighted by Crippen LogP contribution is -2.23. The molecule has 146 valence electrons. The quantitative estimate of drug-likeness (QED) is 0.473. The lowest BCUT2D eigenvalue weighted by molar-refractivity contribution is -0.144. The number of benzene rings is 2. The number of carboxylic acid groups (broad SMARTS) is 1. The number of fused-ring (bicyclic) bond motifs is 1. The molecule has 0 amide bonds. The van der Waals surface area contributed by atoms with Crippen molar-refractivity contribution in [3.8, 4) is 17.0 Å². The van der Waals surface area contributed by atoms with Crippen molar-refractivity contribution < 1.29 is 14.6 Å². The van der Waals surface area contributed by atoms with Crippen molar-refractivity contribution in [3.63, 3.8) is 0 Å². The summed E-state index contributed by atoms with van der Waals surface area (Å²) in [5.74, 6) is -0.678. The molecule has 1 unspecified atom stereocenters. The van der Waals surface area contributed by atoms with Crippen LogP contribution in [-0.2, 0) is 11.2 Å². The largest absolute Gasteiger partial charge is 0.479 e. The van der Waals surface area contributed by atoms with Gasteiger partial charge in [-0.1, -0.05) is 62.6 Å². The van der Waals surface area contributed by atoms with E-state index in [1.807, 2.05) is 42.5 Å². The van der Waals surface area contributed by atoms with Crippen molar-refractivity contribution >= 4 is 16.9 Å². The van der Waals surface area contributed by atoms with Crippen LogP contribution in [0.1, 0.15) is 45.1 Å². The van der Waals surface area contributed by atoms with Crippen molar-refractivity contribution in [2.24, 2.45) is 0 Å². The van der Waals surface area contributed by atoms with Crippen molar-refractivity contribution in [3.05, 3.63) is 60.2 Å². The van der Waals surface area contributed by atoms with Crippen LogP contribution in [0.3, 0.4) is 0 Å². The Kier molecular flexibility index (Phi) is 6.64. The van der Waals surface area contributed by atoms with E-state index in [0.29, 0.717) is 5.88 Å². The number of hydrogen-bond acceptors (Lipinski definition) is 3. The Bertz CT molecular complexity index is 937. The molecular weight excluding hydrogens is 350 g/mol. The Hall–Kier alpha value is -2.88. The van der Waals surface area contributed by atoms with Crippen molar-refractivity contribution in [2.45, 2.75) is 52.1 Å². The fourth-order valence-corrected chi connectivity index (χ4v) is 3.31. The van der Waals surface area contributed by atoms with Gasteiger partial charge in [0, 0.05) is 11.5 Å². The molecule has 0 radical (unpaired) electrons. The second-order valence-electron chi connectivity index (χ2n) is 7.13. The molecule has 0 saturated heterocycles. The Morgan fingerprint density at radius 3 is 2.57 bits per heavy atom. The first-order chi connectivity index (χ1) is 13.6. The van der Waals surface area contributed by atoms with Gasteiger partial charge in [-0.25, -0.2) is 9.78 Å². The molecule has 28 heavy (non-hydrogen) atoms. The third-order valence-electron chi connectivity index (χ3n) is 4.90.